The van der Waals surface area contributed by atoms with Crippen molar-refractivity contribution in [3.05, 3.63) is 12.0 Å². The molecule has 0 amide bonds. The summed E-state index contributed by atoms with van der Waals surface area (Å²) in [6.45, 7) is 0. The third-order valence-corrected chi connectivity index (χ3v) is 1.16. The number of aliphatic hydroxyl groups excluding tert-OH is 1. The van der Waals surface area contributed by atoms with Crippen LogP contribution < -0.4 is 0 Å². The molecule has 7 nitrogen and oxygen atoms in total. The Hall–Kier alpha value is -1.76. The van der Waals surface area contributed by atoms with E-state index in [1.165, 1.54) is 0 Å². The molecule has 74 valence electrons. The molecule has 1 unspecified atom stereocenters. The average molecular weight is 192 g/mol. The van der Waals surface area contributed by atoms with Crippen LogP contribution in [0.5, 0.6) is 0 Å². The molecule has 0 saturated carbocycles. The topological polar surface area (TPSA) is 135 Å². The molecule has 0 aromatic rings. The van der Waals surface area contributed by atoms with E-state index >= 15 is 0 Å². The summed E-state index contributed by atoms with van der Waals surface area (Å²) in [6.07, 6.45) is -1.03. The van der Waals surface area contributed by atoms with Gasteiger partial charge in [-0.15, -0.1) is 0 Å². The number of carboxylic acids is 2. The van der Waals surface area contributed by atoms with Gasteiger partial charge in [0.25, 0.3) is 5.95 Å². The first kappa shape index (κ1) is 11.2. The fourth-order valence-corrected chi connectivity index (χ4v) is 0.633. The minimum atomic E-state index is -2.80. The van der Waals surface area contributed by atoms with Crippen LogP contribution in [0, 0.1) is 0 Å². The van der Waals surface area contributed by atoms with E-state index in [2.05, 4.69) is 0 Å². The summed E-state index contributed by atoms with van der Waals surface area (Å²) in [5.74, 6) is -4.91. The Balaban J connectivity index is 4.84. The van der Waals surface area contributed by atoms with E-state index in [9.17, 15) is 9.59 Å². The Bertz CT molecular complexity index is 252. The maximum atomic E-state index is 10.3. The zero-order valence-corrected chi connectivity index (χ0v) is 6.34. The first-order valence-electron chi connectivity index (χ1n) is 3.06. The van der Waals surface area contributed by atoms with Gasteiger partial charge in [-0.05, 0) is 0 Å². The predicted octanol–water partition coefficient (Wildman–Crippen LogP) is -0.766. The van der Waals surface area contributed by atoms with Crippen LogP contribution in [-0.4, -0.2) is 43.1 Å². The van der Waals surface area contributed by atoms with Crippen molar-refractivity contribution in [2.24, 2.45) is 0 Å². The third kappa shape index (κ3) is 3.43. The molecule has 0 spiro atoms. The molecule has 0 saturated heterocycles. The summed E-state index contributed by atoms with van der Waals surface area (Å²) in [7, 11) is 0. The number of hydrogen-bond donors (Lipinski definition) is 5. The minimum absolute atomic E-state index is 0.128. The second-order valence-electron chi connectivity index (χ2n) is 2.30. The molecule has 0 heterocycles. The number of carboxylic acid groups (broad SMARTS) is 2. The molecular weight excluding hydrogens is 184 g/mol. The van der Waals surface area contributed by atoms with E-state index in [4.69, 9.17) is 25.5 Å². The number of carbonyl (C=O) groups is 2. The molecule has 0 aromatic carbocycles. The number of rotatable bonds is 4. The number of aliphatic carboxylic acids is 2. The van der Waals surface area contributed by atoms with Gasteiger partial charge < -0.3 is 25.5 Å². The number of hydrogen-bond acceptors (Lipinski definition) is 5. The Morgan fingerprint density at radius 2 is 1.62 bits per heavy atom. The van der Waals surface area contributed by atoms with E-state index < -0.39 is 29.9 Å². The molecule has 13 heavy (non-hydrogen) atoms. The van der Waals surface area contributed by atoms with Gasteiger partial charge in [-0.2, -0.15) is 0 Å². The quantitative estimate of drug-likeness (QED) is 0.369. The highest BCUT2D eigenvalue weighted by atomic mass is 16.5. The highest BCUT2D eigenvalue weighted by molar-refractivity contribution is 5.85. The van der Waals surface area contributed by atoms with Gasteiger partial charge in [0.2, 0.25) is 0 Å². The van der Waals surface area contributed by atoms with E-state index in [0.717, 1.165) is 0 Å². The summed E-state index contributed by atoms with van der Waals surface area (Å²) < 4.78 is 0. The maximum absolute atomic E-state index is 10.3. The summed E-state index contributed by atoms with van der Waals surface area (Å²) >= 11 is 0. The van der Waals surface area contributed by atoms with Crippen LogP contribution in [-0.2, 0) is 9.59 Å². The Labute approximate surface area is 72.2 Å². The van der Waals surface area contributed by atoms with Gasteiger partial charge in [0, 0.05) is 6.08 Å². The van der Waals surface area contributed by atoms with Crippen molar-refractivity contribution in [3.63, 3.8) is 0 Å². The zero-order valence-electron chi connectivity index (χ0n) is 6.34. The molecule has 7 heteroatoms. The molecule has 0 rings (SSSR count). The third-order valence-electron chi connectivity index (χ3n) is 1.16. The molecule has 0 radical (unpaired) electrons. The van der Waals surface area contributed by atoms with Crippen molar-refractivity contribution in [1.82, 2.24) is 0 Å². The van der Waals surface area contributed by atoms with Crippen LogP contribution >= 0.6 is 0 Å². The lowest BCUT2D eigenvalue weighted by Crippen LogP contribution is -2.39. The van der Waals surface area contributed by atoms with Crippen molar-refractivity contribution in [2.75, 3.05) is 0 Å². The van der Waals surface area contributed by atoms with Crippen LogP contribution in [0.25, 0.3) is 0 Å². The molecule has 0 aliphatic rings. The Morgan fingerprint density at radius 3 is 1.85 bits per heavy atom. The lowest BCUT2D eigenvalue weighted by Gasteiger charge is -2.15. The molecule has 0 aromatic heterocycles. The second-order valence-corrected chi connectivity index (χ2v) is 2.30. The van der Waals surface area contributed by atoms with Gasteiger partial charge in [0.15, 0.2) is 5.60 Å². The van der Waals surface area contributed by atoms with Gasteiger partial charge in [0.1, 0.15) is 0 Å². The van der Waals surface area contributed by atoms with Gasteiger partial charge in [-0.1, -0.05) is 0 Å². The SMILES string of the molecule is O=C(O)CC(O)(C=C(O)O)C(=O)O. The lowest BCUT2D eigenvalue weighted by atomic mass is 10.0. The highest BCUT2D eigenvalue weighted by Gasteiger charge is 2.37. The fourth-order valence-electron chi connectivity index (χ4n) is 0.633. The molecule has 5 N–H and O–H groups in total. The molecular formula is C6H8O7. The van der Waals surface area contributed by atoms with Crippen LogP contribution in [0.3, 0.4) is 0 Å². The second kappa shape index (κ2) is 3.76. The summed E-state index contributed by atoms with van der Waals surface area (Å²) in [5.41, 5.74) is -2.80. The zero-order chi connectivity index (χ0) is 10.6. The van der Waals surface area contributed by atoms with Crippen molar-refractivity contribution >= 4 is 11.9 Å². The Kier molecular flexibility index (Phi) is 3.25. The molecule has 1 atom stereocenters. The summed E-state index contributed by atoms with van der Waals surface area (Å²) in [4.78, 5) is 20.4. The normalized spacial score (nSPS) is 14.2. The monoisotopic (exact) mass is 192 g/mol. The first-order valence-corrected chi connectivity index (χ1v) is 3.06. The van der Waals surface area contributed by atoms with E-state index in [-0.39, 0.29) is 6.08 Å². The smallest absolute Gasteiger partial charge is 0.340 e. The van der Waals surface area contributed by atoms with Crippen molar-refractivity contribution < 1.29 is 35.1 Å². The van der Waals surface area contributed by atoms with Crippen LogP contribution in [0.15, 0.2) is 12.0 Å². The highest BCUT2D eigenvalue weighted by Crippen LogP contribution is 2.13. The van der Waals surface area contributed by atoms with Crippen LogP contribution in [0.4, 0.5) is 0 Å². The summed E-state index contributed by atoms with van der Waals surface area (Å²) in [5, 5.41) is 42.1. The number of aliphatic hydroxyl groups is 3. The van der Waals surface area contributed by atoms with Crippen LogP contribution in [0.2, 0.25) is 0 Å². The van der Waals surface area contributed by atoms with Gasteiger partial charge in [-0.3, -0.25) is 4.79 Å². The lowest BCUT2D eigenvalue weighted by molar-refractivity contribution is -0.160. The fraction of sp³-hybridized carbons (Fsp3) is 0.333. The molecule has 0 aliphatic carbocycles. The molecule has 0 bridgehead atoms. The Morgan fingerprint density at radius 1 is 1.15 bits per heavy atom. The van der Waals surface area contributed by atoms with Crippen molar-refractivity contribution in [3.8, 4) is 0 Å². The predicted molar refractivity (Wildman–Crippen MR) is 38.2 cm³/mol. The summed E-state index contributed by atoms with van der Waals surface area (Å²) in [6, 6.07) is 0. The van der Waals surface area contributed by atoms with E-state index in [1.54, 1.807) is 0 Å². The molecule has 0 aliphatic heterocycles. The van der Waals surface area contributed by atoms with Gasteiger partial charge >= 0.3 is 11.9 Å². The van der Waals surface area contributed by atoms with Crippen molar-refractivity contribution in [2.45, 2.75) is 12.0 Å². The maximum Gasteiger partial charge on any atom is 0.340 e. The van der Waals surface area contributed by atoms with Crippen molar-refractivity contribution in [1.29, 1.82) is 0 Å². The van der Waals surface area contributed by atoms with Gasteiger partial charge in [-0.25, -0.2) is 4.79 Å². The van der Waals surface area contributed by atoms with Crippen LogP contribution in [0.1, 0.15) is 6.42 Å². The first-order chi connectivity index (χ1) is 5.78. The largest absolute Gasteiger partial charge is 0.481 e. The van der Waals surface area contributed by atoms with E-state index in [0.29, 0.717) is 0 Å². The molecule has 0 fully saturated rings. The average Bonchev–Trinajstić information content (AvgIpc) is 1.82. The standard InChI is InChI=1S/C6H8O7/c7-3(8)1-6(13,5(11)12)2-4(9)10/h1,7-8,13H,2H2,(H,9,10)(H,11,12). The minimum Gasteiger partial charge on any atom is -0.481 e. The van der Waals surface area contributed by atoms with E-state index in [1.807, 2.05) is 0 Å². The van der Waals surface area contributed by atoms with Gasteiger partial charge in [0.05, 0.1) is 6.42 Å².